The molecule has 7 heteroatoms. The van der Waals surface area contributed by atoms with E-state index in [2.05, 4.69) is 11.2 Å². The van der Waals surface area contributed by atoms with E-state index < -0.39 is 0 Å². The molecule has 0 spiro atoms. The summed E-state index contributed by atoms with van der Waals surface area (Å²) in [6.45, 7) is 1.18. The first-order valence-corrected chi connectivity index (χ1v) is 10.2. The Balaban J connectivity index is 1.52. The van der Waals surface area contributed by atoms with Gasteiger partial charge in [-0.25, -0.2) is 0 Å². The lowest BCUT2D eigenvalue weighted by molar-refractivity contribution is 0.0519. The molecule has 2 aliphatic heterocycles. The lowest BCUT2D eigenvalue weighted by Gasteiger charge is -2.47. The largest absolute Gasteiger partial charge is 0.497 e. The lowest BCUT2D eigenvalue weighted by Crippen LogP contribution is -2.51. The van der Waals surface area contributed by atoms with Crippen LogP contribution in [0.1, 0.15) is 40.1 Å². The topological polar surface area (TPSA) is 77.6 Å². The van der Waals surface area contributed by atoms with Crippen LogP contribution < -0.4 is 10.3 Å². The molecule has 1 amide bonds. The van der Waals surface area contributed by atoms with Crippen molar-refractivity contribution in [3.05, 3.63) is 82.1 Å². The number of hydrogen-bond acceptors (Lipinski definition) is 5. The Hall–Kier alpha value is -3.35. The van der Waals surface area contributed by atoms with Gasteiger partial charge in [-0.2, -0.15) is 0 Å². The van der Waals surface area contributed by atoms with Gasteiger partial charge in [-0.15, -0.1) is 0 Å². The van der Waals surface area contributed by atoms with Crippen molar-refractivity contribution in [3.8, 4) is 5.75 Å². The van der Waals surface area contributed by atoms with Gasteiger partial charge < -0.3 is 18.7 Å². The summed E-state index contributed by atoms with van der Waals surface area (Å²) in [6.07, 6.45) is 3.08. The van der Waals surface area contributed by atoms with Crippen molar-refractivity contribution < 1.29 is 14.1 Å². The van der Waals surface area contributed by atoms with Crippen LogP contribution in [0.15, 0.2) is 64.1 Å². The molecule has 2 aliphatic rings. The average molecular weight is 405 g/mol. The normalized spacial score (nSPS) is 22.4. The molecule has 0 unspecified atom stereocenters. The molecule has 0 saturated carbocycles. The first-order chi connectivity index (χ1) is 14.6. The summed E-state index contributed by atoms with van der Waals surface area (Å²) in [7, 11) is 1.65. The maximum atomic E-state index is 12.9. The molecule has 0 aliphatic carbocycles. The fraction of sp³-hybridized carbons (Fsp3) is 0.348. The summed E-state index contributed by atoms with van der Waals surface area (Å²) in [5.41, 5.74) is 2.46. The van der Waals surface area contributed by atoms with Crippen LogP contribution in [0.25, 0.3) is 0 Å². The number of rotatable bonds is 4. The highest BCUT2D eigenvalue weighted by Gasteiger charge is 2.42. The predicted molar refractivity (Wildman–Crippen MR) is 110 cm³/mol. The maximum absolute atomic E-state index is 12.9. The number of amides is 1. The van der Waals surface area contributed by atoms with E-state index in [0.717, 1.165) is 23.4 Å². The maximum Gasteiger partial charge on any atom is 0.276 e. The number of hydrogen-bond donors (Lipinski definition) is 0. The van der Waals surface area contributed by atoms with Crippen LogP contribution in [-0.2, 0) is 6.42 Å². The zero-order valence-corrected chi connectivity index (χ0v) is 16.7. The molecule has 2 bridgehead atoms. The van der Waals surface area contributed by atoms with Gasteiger partial charge in [-0.05, 0) is 42.5 Å². The standard InChI is InChI=1S/C23H23N3O4/c1-29-18-5-2-4-15(10-18)11-21-17-12-16(20-6-3-7-22(27)26(20)21)13-25(14-17)23(28)19-8-9-30-24-19/h2-10,16-17,21H,11-14H2,1H3/t16-,17+,21+/m1/s1. The van der Waals surface area contributed by atoms with E-state index in [4.69, 9.17) is 9.26 Å². The average Bonchev–Trinajstić information content (AvgIpc) is 3.31. The van der Waals surface area contributed by atoms with Crippen molar-refractivity contribution in [2.24, 2.45) is 5.92 Å². The van der Waals surface area contributed by atoms with E-state index in [9.17, 15) is 9.59 Å². The molecule has 30 heavy (non-hydrogen) atoms. The zero-order chi connectivity index (χ0) is 20.7. The summed E-state index contributed by atoms with van der Waals surface area (Å²) < 4.78 is 12.2. The number of piperidine rings is 1. The van der Waals surface area contributed by atoms with Gasteiger partial charge in [0.1, 0.15) is 12.0 Å². The van der Waals surface area contributed by atoms with Crippen LogP contribution >= 0.6 is 0 Å². The Labute approximate surface area is 173 Å². The second-order valence-corrected chi connectivity index (χ2v) is 8.07. The molecule has 3 atom stereocenters. The number of methoxy groups -OCH3 is 1. The summed E-state index contributed by atoms with van der Waals surface area (Å²) in [4.78, 5) is 27.7. The Bertz CT molecular complexity index is 1120. The fourth-order valence-corrected chi connectivity index (χ4v) is 5.00. The molecule has 1 fully saturated rings. The van der Waals surface area contributed by atoms with Crippen molar-refractivity contribution >= 4 is 5.91 Å². The highest BCUT2D eigenvalue weighted by atomic mass is 16.5. The van der Waals surface area contributed by atoms with Gasteiger partial charge in [0, 0.05) is 42.9 Å². The van der Waals surface area contributed by atoms with E-state index in [-0.39, 0.29) is 29.3 Å². The molecule has 5 rings (SSSR count). The number of nitrogens with zero attached hydrogens (tertiary/aromatic N) is 3. The Morgan fingerprint density at radius 1 is 1.20 bits per heavy atom. The molecular weight excluding hydrogens is 382 g/mol. The van der Waals surface area contributed by atoms with Crippen molar-refractivity contribution in [2.45, 2.75) is 24.8 Å². The second-order valence-electron chi connectivity index (χ2n) is 8.07. The van der Waals surface area contributed by atoms with E-state index in [1.165, 1.54) is 6.26 Å². The number of fused-ring (bicyclic) bond motifs is 4. The molecule has 154 valence electrons. The smallest absolute Gasteiger partial charge is 0.276 e. The number of likely N-dealkylation sites (tertiary alicyclic amines) is 1. The minimum atomic E-state index is -0.120. The zero-order valence-electron chi connectivity index (χ0n) is 16.7. The summed E-state index contributed by atoms with van der Waals surface area (Å²) in [6, 6.07) is 15.0. The molecule has 2 aromatic heterocycles. The third-order valence-electron chi connectivity index (χ3n) is 6.32. The van der Waals surface area contributed by atoms with Crippen LogP contribution in [0, 0.1) is 5.92 Å². The van der Waals surface area contributed by atoms with Crippen LogP contribution in [0.2, 0.25) is 0 Å². The molecular formula is C23H23N3O4. The first-order valence-electron chi connectivity index (χ1n) is 10.2. The number of aromatic nitrogens is 2. The van der Waals surface area contributed by atoms with Gasteiger partial charge in [0.15, 0.2) is 5.69 Å². The van der Waals surface area contributed by atoms with E-state index in [1.807, 2.05) is 39.8 Å². The van der Waals surface area contributed by atoms with Crippen LogP contribution in [0.5, 0.6) is 5.75 Å². The quantitative estimate of drug-likeness (QED) is 0.667. The summed E-state index contributed by atoms with van der Waals surface area (Å²) >= 11 is 0. The van der Waals surface area contributed by atoms with Crippen LogP contribution in [-0.4, -0.2) is 40.7 Å². The number of ether oxygens (including phenoxy) is 1. The van der Waals surface area contributed by atoms with Gasteiger partial charge in [-0.1, -0.05) is 23.4 Å². The number of pyridine rings is 1. The second kappa shape index (κ2) is 7.48. The van der Waals surface area contributed by atoms with E-state index in [1.54, 1.807) is 19.2 Å². The van der Waals surface area contributed by atoms with Gasteiger partial charge in [0.05, 0.1) is 7.11 Å². The number of carbonyl (C=O) groups is 1. The van der Waals surface area contributed by atoms with Gasteiger partial charge in [0.25, 0.3) is 11.5 Å². The Kier molecular flexibility index (Phi) is 4.65. The van der Waals surface area contributed by atoms with Crippen molar-refractivity contribution in [1.29, 1.82) is 0 Å². The van der Waals surface area contributed by atoms with Gasteiger partial charge >= 0.3 is 0 Å². The van der Waals surface area contributed by atoms with Crippen LogP contribution in [0.3, 0.4) is 0 Å². The minimum Gasteiger partial charge on any atom is -0.497 e. The highest BCUT2D eigenvalue weighted by molar-refractivity contribution is 5.92. The van der Waals surface area contributed by atoms with Crippen molar-refractivity contribution in [3.63, 3.8) is 0 Å². The highest BCUT2D eigenvalue weighted by Crippen LogP contribution is 2.42. The van der Waals surface area contributed by atoms with Gasteiger partial charge in [0.2, 0.25) is 0 Å². The Morgan fingerprint density at radius 2 is 2.07 bits per heavy atom. The molecule has 0 radical (unpaired) electrons. The third kappa shape index (κ3) is 3.20. The molecule has 7 nitrogen and oxygen atoms in total. The van der Waals surface area contributed by atoms with Gasteiger partial charge in [-0.3, -0.25) is 9.59 Å². The fourth-order valence-electron chi connectivity index (χ4n) is 5.00. The number of benzene rings is 1. The SMILES string of the molecule is COc1cccc(C[C@H]2[C@H]3C[C@H](CN(C(=O)c4ccon4)C3)c3cccc(=O)n32)c1. The van der Waals surface area contributed by atoms with E-state index >= 15 is 0 Å². The molecule has 1 saturated heterocycles. The molecule has 1 aromatic carbocycles. The molecule has 3 aromatic rings. The monoisotopic (exact) mass is 405 g/mol. The number of carbonyl (C=O) groups excluding carboxylic acids is 1. The molecule has 4 heterocycles. The summed E-state index contributed by atoms with van der Waals surface area (Å²) in [5.74, 6) is 0.993. The predicted octanol–water partition coefficient (Wildman–Crippen LogP) is 2.89. The van der Waals surface area contributed by atoms with Crippen molar-refractivity contribution in [2.75, 3.05) is 20.2 Å². The van der Waals surface area contributed by atoms with Crippen molar-refractivity contribution in [1.82, 2.24) is 14.6 Å². The summed E-state index contributed by atoms with van der Waals surface area (Å²) in [5, 5.41) is 3.81. The van der Waals surface area contributed by atoms with Crippen LogP contribution in [0.4, 0.5) is 0 Å². The Morgan fingerprint density at radius 3 is 2.87 bits per heavy atom. The minimum absolute atomic E-state index is 0.0198. The first kappa shape index (κ1) is 18.7. The third-order valence-corrected chi connectivity index (χ3v) is 6.32. The lowest BCUT2D eigenvalue weighted by atomic mass is 9.76. The molecule has 0 N–H and O–H groups in total. The van der Waals surface area contributed by atoms with E-state index in [0.29, 0.717) is 25.2 Å².